The second-order valence-electron chi connectivity index (χ2n) is 6.79. The summed E-state index contributed by atoms with van der Waals surface area (Å²) in [6, 6.07) is 12.5. The van der Waals surface area contributed by atoms with Crippen LogP contribution >= 0.6 is 22.9 Å². The van der Waals surface area contributed by atoms with E-state index in [0.29, 0.717) is 10.8 Å². The van der Waals surface area contributed by atoms with Crippen LogP contribution in [-0.4, -0.2) is 29.9 Å². The Morgan fingerprint density at radius 2 is 2.00 bits per heavy atom. The van der Waals surface area contributed by atoms with Crippen LogP contribution in [0.1, 0.15) is 17.2 Å². The van der Waals surface area contributed by atoms with Gasteiger partial charge in [-0.3, -0.25) is 24.6 Å². The monoisotopic (exact) mass is 457 g/mol. The number of carbonyl (C=O) groups excluding carboxylic acids is 2. The van der Waals surface area contributed by atoms with Gasteiger partial charge in [0.2, 0.25) is 5.91 Å². The summed E-state index contributed by atoms with van der Waals surface area (Å²) in [6.07, 6.45) is 0. The van der Waals surface area contributed by atoms with E-state index in [-0.39, 0.29) is 24.5 Å². The van der Waals surface area contributed by atoms with Crippen molar-refractivity contribution in [2.45, 2.75) is 6.04 Å². The first-order chi connectivity index (χ1) is 14.9. The summed E-state index contributed by atoms with van der Waals surface area (Å²) >= 11 is 7.49. The molecule has 1 N–H and O–H groups in total. The number of benzene rings is 2. The molecule has 1 aromatic heterocycles. The van der Waals surface area contributed by atoms with Gasteiger partial charge in [-0.05, 0) is 46.2 Å². The van der Waals surface area contributed by atoms with Crippen LogP contribution in [0.3, 0.4) is 0 Å². The number of fused-ring (bicyclic) bond motifs is 1. The van der Waals surface area contributed by atoms with Crippen LogP contribution in [0.2, 0.25) is 5.02 Å². The van der Waals surface area contributed by atoms with Crippen molar-refractivity contribution in [2.24, 2.45) is 0 Å². The van der Waals surface area contributed by atoms with Crippen molar-refractivity contribution in [1.29, 1.82) is 0 Å². The molecular formula is C21H16ClN3O5S. The number of hydrogen-bond donors (Lipinski definition) is 1. The average Bonchev–Trinajstić information content (AvgIpc) is 3.29. The molecule has 0 aliphatic carbocycles. The maximum absolute atomic E-state index is 12.9. The van der Waals surface area contributed by atoms with Crippen LogP contribution in [0.25, 0.3) is 0 Å². The zero-order valence-corrected chi connectivity index (χ0v) is 17.6. The highest BCUT2D eigenvalue weighted by atomic mass is 35.5. The summed E-state index contributed by atoms with van der Waals surface area (Å²) in [5.74, 6) is -0.564. The Hall–Kier alpha value is -3.43. The van der Waals surface area contributed by atoms with Crippen molar-refractivity contribution in [3.05, 3.63) is 85.6 Å². The Morgan fingerprint density at radius 3 is 2.68 bits per heavy atom. The minimum atomic E-state index is -0.565. The fourth-order valence-electron chi connectivity index (χ4n) is 3.28. The topological polar surface area (TPSA) is 102 Å². The number of nitrogens with zero attached hydrogens (tertiary/aromatic N) is 2. The molecule has 0 spiro atoms. The van der Waals surface area contributed by atoms with Gasteiger partial charge < -0.3 is 10.1 Å². The molecule has 0 saturated heterocycles. The second-order valence-corrected chi connectivity index (χ2v) is 8.00. The number of amides is 2. The van der Waals surface area contributed by atoms with E-state index in [1.807, 2.05) is 29.0 Å². The smallest absolute Gasteiger partial charge is 0.271 e. The number of non-ortho nitro benzene ring substituents is 1. The lowest BCUT2D eigenvalue weighted by atomic mass is 10.0. The number of hydrogen-bond acceptors (Lipinski definition) is 6. The number of ether oxygens (including phenoxy) is 1. The third-order valence-corrected chi connectivity index (χ3v) is 5.74. The van der Waals surface area contributed by atoms with Crippen molar-refractivity contribution in [1.82, 2.24) is 5.32 Å². The average molecular weight is 458 g/mol. The number of nitro groups is 1. The normalized spacial score (nSPS) is 13.8. The van der Waals surface area contributed by atoms with Gasteiger partial charge in [-0.25, -0.2) is 0 Å². The highest BCUT2D eigenvalue weighted by Gasteiger charge is 2.30. The van der Waals surface area contributed by atoms with E-state index in [1.54, 1.807) is 12.1 Å². The highest BCUT2D eigenvalue weighted by Crippen LogP contribution is 2.35. The predicted molar refractivity (Wildman–Crippen MR) is 117 cm³/mol. The van der Waals surface area contributed by atoms with E-state index in [2.05, 4.69) is 5.32 Å². The fourth-order valence-corrected chi connectivity index (χ4v) is 4.09. The van der Waals surface area contributed by atoms with E-state index < -0.39 is 22.8 Å². The highest BCUT2D eigenvalue weighted by molar-refractivity contribution is 7.08. The van der Waals surface area contributed by atoms with E-state index in [9.17, 15) is 19.7 Å². The molecule has 2 heterocycles. The van der Waals surface area contributed by atoms with Crippen LogP contribution in [0.5, 0.6) is 5.75 Å². The standard InChI is InChI=1S/C21H16ClN3O5S/c22-15-3-1-13(2-4-15)21(14-7-8-31-12-14)23-19(26)10-24-17-9-16(25(28)29)5-6-18(17)30-11-20(24)27/h1-9,12,21H,10-11H2,(H,23,26). The Balaban J connectivity index is 1.58. The van der Waals surface area contributed by atoms with Gasteiger partial charge >= 0.3 is 0 Å². The van der Waals surface area contributed by atoms with Crippen LogP contribution in [0, 0.1) is 10.1 Å². The molecule has 10 heteroatoms. The van der Waals surface area contributed by atoms with Crippen molar-refractivity contribution in [2.75, 3.05) is 18.1 Å². The largest absolute Gasteiger partial charge is 0.482 e. The first-order valence-electron chi connectivity index (χ1n) is 9.21. The molecule has 0 bridgehead atoms. The Labute approximate surface area is 186 Å². The molecule has 1 atom stereocenters. The zero-order valence-electron chi connectivity index (χ0n) is 16.0. The summed E-state index contributed by atoms with van der Waals surface area (Å²) in [5.41, 5.74) is 1.73. The molecule has 0 saturated carbocycles. The zero-order chi connectivity index (χ0) is 22.0. The lowest BCUT2D eigenvalue weighted by molar-refractivity contribution is -0.384. The molecule has 31 heavy (non-hydrogen) atoms. The number of thiophene rings is 1. The summed E-state index contributed by atoms with van der Waals surface area (Å²) in [4.78, 5) is 37.1. The molecule has 0 fully saturated rings. The predicted octanol–water partition coefficient (Wildman–Crippen LogP) is 3.94. The molecule has 2 amide bonds. The van der Waals surface area contributed by atoms with E-state index in [0.717, 1.165) is 11.1 Å². The van der Waals surface area contributed by atoms with E-state index >= 15 is 0 Å². The van der Waals surface area contributed by atoms with Gasteiger partial charge in [-0.1, -0.05) is 23.7 Å². The molecule has 1 aliphatic heterocycles. The van der Waals surface area contributed by atoms with Gasteiger partial charge in [0, 0.05) is 17.2 Å². The SMILES string of the molecule is O=C(CN1C(=O)COc2ccc([N+](=O)[O-])cc21)NC(c1ccc(Cl)cc1)c1ccsc1. The van der Waals surface area contributed by atoms with Crippen LogP contribution in [-0.2, 0) is 9.59 Å². The van der Waals surface area contributed by atoms with Crippen molar-refractivity contribution in [3.63, 3.8) is 0 Å². The maximum atomic E-state index is 12.9. The summed E-state index contributed by atoms with van der Waals surface area (Å²) in [6.45, 7) is -0.548. The van der Waals surface area contributed by atoms with Gasteiger partial charge in [0.05, 0.1) is 16.7 Å². The Bertz CT molecular complexity index is 1130. The number of nitro benzene ring substituents is 1. The summed E-state index contributed by atoms with van der Waals surface area (Å²) < 4.78 is 5.35. The van der Waals surface area contributed by atoms with Gasteiger partial charge in [0.15, 0.2) is 6.61 Å². The third-order valence-electron chi connectivity index (χ3n) is 4.78. The Morgan fingerprint density at radius 1 is 1.23 bits per heavy atom. The lowest BCUT2D eigenvalue weighted by Crippen LogP contribution is -2.45. The minimum Gasteiger partial charge on any atom is -0.482 e. The summed E-state index contributed by atoms with van der Waals surface area (Å²) in [7, 11) is 0. The third kappa shape index (κ3) is 4.52. The molecular weight excluding hydrogens is 442 g/mol. The lowest BCUT2D eigenvalue weighted by Gasteiger charge is -2.29. The Kier molecular flexibility index (Phi) is 5.88. The molecule has 1 unspecified atom stereocenters. The number of halogens is 1. The molecule has 0 radical (unpaired) electrons. The number of carbonyl (C=O) groups is 2. The van der Waals surface area contributed by atoms with Crippen LogP contribution in [0.4, 0.5) is 11.4 Å². The van der Waals surface area contributed by atoms with E-state index in [4.69, 9.17) is 16.3 Å². The molecule has 3 aromatic rings. The molecule has 4 rings (SSSR count). The van der Waals surface area contributed by atoms with E-state index in [1.165, 1.54) is 34.4 Å². The van der Waals surface area contributed by atoms with Crippen molar-refractivity contribution < 1.29 is 19.2 Å². The first kappa shape index (κ1) is 20.8. The minimum absolute atomic E-state index is 0.194. The summed E-state index contributed by atoms with van der Waals surface area (Å²) in [5, 5.41) is 18.5. The first-order valence-corrected chi connectivity index (χ1v) is 10.5. The second kappa shape index (κ2) is 8.75. The van der Waals surface area contributed by atoms with Crippen molar-refractivity contribution in [3.8, 4) is 5.75 Å². The van der Waals surface area contributed by atoms with Crippen LogP contribution < -0.4 is 15.0 Å². The molecule has 8 nitrogen and oxygen atoms in total. The molecule has 2 aromatic carbocycles. The number of rotatable bonds is 6. The van der Waals surface area contributed by atoms with Crippen LogP contribution in [0.15, 0.2) is 59.3 Å². The molecule has 158 valence electrons. The number of nitrogens with one attached hydrogen (secondary N) is 1. The quantitative estimate of drug-likeness (QED) is 0.446. The van der Waals surface area contributed by atoms with Gasteiger partial charge in [-0.15, -0.1) is 0 Å². The van der Waals surface area contributed by atoms with Gasteiger partial charge in [0.25, 0.3) is 11.6 Å². The van der Waals surface area contributed by atoms with Gasteiger partial charge in [0.1, 0.15) is 12.3 Å². The molecule has 1 aliphatic rings. The van der Waals surface area contributed by atoms with Crippen molar-refractivity contribution >= 4 is 46.1 Å². The fraction of sp³-hybridized carbons (Fsp3) is 0.143. The maximum Gasteiger partial charge on any atom is 0.271 e. The van der Waals surface area contributed by atoms with Gasteiger partial charge in [-0.2, -0.15) is 11.3 Å². The number of anilines is 1.